The molecule has 0 N–H and O–H groups in total. The van der Waals surface area contributed by atoms with Crippen LogP contribution in [0.15, 0.2) is 30.3 Å². The van der Waals surface area contributed by atoms with Crippen molar-refractivity contribution in [2.45, 2.75) is 51.6 Å². The van der Waals surface area contributed by atoms with Gasteiger partial charge in [-0.1, -0.05) is 59.7 Å². The molecule has 0 amide bonds. The van der Waals surface area contributed by atoms with Gasteiger partial charge in [0.25, 0.3) is 0 Å². The maximum absolute atomic E-state index is 6.21. The second-order valence-corrected chi connectivity index (χ2v) is 11.7. The summed E-state index contributed by atoms with van der Waals surface area (Å²) in [7, 11) is -1.32. The van der Waals surface area contributed by atoms with Crippen LogP contribution in [0.25, 0.3) is 0 Å². The van der Waals surface area contributed by atoms with Crippen molar-refractivity contribution < 1.29 is 9.16 Å². The minimum absolute atomic E-state index is 0.269. The van der Waals surface area contributed by atoms with Gasteiger partial charge >= 0.3 is 0 Å². The van der Waals surface area contributed by atoms with Gasteiger partial charge in [-0.05, 0) is 22.2 Å². The van der Waals surface area contributed by atoms with Crippen molar-refractivity contribution in [1.29, 1.82) is 0 Å². The largest absolute Gasteiger partial charge is 0.491 e. The zero-order valence-electron chi connectivity index (χ0n) is 13.2. The minimum atomic E-state index is -1.32. The third-order valence-electron chi connectivity index (χ3n) is 2.95. The molecule has 0 radical (unpaired) electrons. The molecule has 0 saturated carbocycles. The van der Waals surface area contributed by atoms with Crippen molar-refractivity contribution in [2.24, 2.45) is 0 Å². The minimum Gasteiger partial charge on any atom is -0.491 e. The molecule has 0 aliphatic rings. The first-order chi connectivity index (χ1) is 8.71. The molecule has 0 saturated heterocycles. The van der Waals surface area contributed by atoms with E-state index in [4.69, 9.17) is 9.16 Å². The standard InChI is InChI=1S/C16H28O2Si/c1-15(2,3)19(16(4,5)6)18-13-12-17-14-10-8-7-9-11-14/h7-11,19H,12-13H2,1-6H3. The molecule has 2 nitrogen and oxygen atoms in total. The molecular weight excluding hydrogens is 252 g/mol. The average molecular weight is 280 g/mol. The maximum Gasteiger partial charge on any atom is 0.187 e. The van der Waals surface area contributed by atoms with Crippen molar-refractivity contribution in [3.8, 4) is 5.75 Å². The topological polar surface area (TPSA) is 18.5 Å². The van der Waals surface area contributed by atoms with Gasteiger partial charge in [-0.2, -0.15) is 0 Å². The third-order valence-corrected chi connectivity index (χ3v) is 6.67. The summed E-state index contributed by atoms with van der Waals surface area (Å²) in [5.41, 5.74) is 0. The van der Waals surface area contributed by atoms with Crippen LogP contribution in [0, 0.1) is 0 Å². The summed E-state index contributed by atoms with van der Waals surface area (Å²) in [6, 6.07) is 9.91. The second kappa shape index (κ2) is 6.57. The Kier molecular flexibility index (Phi) is 5.62. The molecule has 0 aliphatic heterocycles. The lowest BCUT2D eigenvalue weighted by atomic mass is 10.2. The zero-order valence-corrected chi connectivity index (χ0v) is 14.3. The first-order valence-electron chi connectivity index (χ1n) is 7.01. The fraction of sp³-hybridized carbons (Fsp3) is 0.625. The van der Waals surface area contributed by atoms with Crippen LogP contribution >= 0.6 is 0 Å². The highest BCUT2D eigenvalue weighted by molar-refractivity contribution is 6.58. The highest BCUT2D eigenvalue weighted by atomic mass is 28.3. The van der Waals surface area contributed by atoms with E-state index in [9.17, 15) is 0 Å². The van der Waals surface area contributed by atoms with Crippen LogP contribution in [0.4, 0.5) is 0 Å². The molecule has 1 rings (SSSR count). The second-order valence-electron chi connectivity index (χ2n) is 7.14. The number of ether oxygens (including phenoxy) is 1. The average Bonchev–Trinajstić information content (AvgIpc) is 2.26. The summed E-state index contributed by atoms with van der Waals surface area (Å²) < 4.78 is 11.9. The molecule has 1 aromatic rings. The van der Waals surface area contributed by atoms with Gasteiger partial charge < -0.3 is 9.16 Å². The predicted molar refractivity (Wildman–Crippen MR) is 84.5 cm³/mol. The number of para-hydroxylation sites is 1. The van der Waals surface area contributed by atoms with Gasteiger partial charge in [0.15, 0.2) is 9.04 Å². The van der Waals surface area contributed by atoms with E-state index in [0.717, 1.165) is 5.75 Å². The van der Waals surface area contributed by atoms with Crippen LogP contribution < -0.4 is 4.74 Å². The Morgan fingerprint density at radius 3 is 1.84 bits per heavy atom. The Morgan fingerprint density at radius 2 is 1.37 bits per heavy atom. The summed E-state index contributed by atoms with van der Waals surface area (Å²) in [4.78, 5) is 0. The van der Waals surface area contributed by atoms with E-state index in [1.807, 2.05) is 30.3 Å². The Balaban J connectivity index is 2.42. The van der Waals surface area contributed by atoms with Crippen LogP contribution in [0.3, 0.4) is 0 Å². The highest BCUT2D eigenvalue weighted by Crippen LogP contribution is 2.42. The van der Waals surface area contributed by atoms with Crippen molar-refractivity contribution >= 4 is 9.04 Å². The van der Waals surface area contributed by atoms with Gasteiger partial charge in [0.05, 0.1) is 6.61 Å². The molecule has 108 valence electrons. The summed E-state index contributed by atoms with van der Waals surface area (Å²) in [5.74, 6) is 0.913. The van der Waals surface area contributed by atoms with Crippen molar-refractivity contribution in [3.63, 3.8) is 0 Å². The third kappa shape index (κ3) is 5.79. The lowest BCUT2D eigenvalue weighted by Crippen LogP contribution is -2.39. The van der Waals surface area contributed by atoms with Gasteiger partial charge in [0, 0.05) is 0 Å². The predicted octanol–water partition coefficient (Wildman–Crippen LogP) is 4.41. The molecule has 0 aliphatic carbocycles. The van der Waals surface area contributed by atoms with E-state index in [0.29, 0.717) is 13.2 Å². The quantitative estimate of drug-likeness (QED) is 0.587. The van der Waals surface area contributed by atoms with Gasteiger partial charge in [0.1, 0.15) is 12.4 Å². The van der Waals surface area contributed by atoms with Crippen LogP contribution in [0.1, 0.15) is 41.5 Å². The SMILES string of the molecule is CC(C)(C)[SiH](OCCOc1ccccc1)C(C)(C)C. The van der Waals surface area contributed by atoms with Crippen LogP contribution in [-0.2, 0) is 4.43 Å². The fourth-order valence-corrected chi connectivity index (χ4v) is 6.57. The van der Waals surface area contributed by atoms with E-state index < -0.39 is 9.04 Å². The number of benzene rings is 1. The summed E-state index contributed by atoms with van der Waals surface area (Å²) >= 11 is 0. The molecule has 0 spiro atoms. The zero-order chi connectivity index (χ0) is 14.5. The molecule has 0 fully saturated rings. The van der Waals surface area contributed by atoms with Crippen LogP contribution in [-0.4, -0.2) is 22.3 Å². The monoisotopic (exact) mass is 280 g/mol. The fourth-order valence-electron chi connectivity index (χ4n) is 2.64. The maximum atomic E-state index is 6.21. The number of hydrogen-bond acceptors (Lipinski definition) is 2. The Morgan fingerprint density at radius 1 is 0.842 bits per heavy atom. The van der Waals surface area contributed by atoms with Gasteiger partial charge in [-0.3, -0.25) is 0 Å². The smallest absolute Gasteiger partial charge is 0.187 e. The van der Waals surface area contributed by atoms with E-state index in [1.165, 1.54) is 0 Å². The van der Waals surface area contributed by atoms with Crippen molar-refractivity contribution in [3.05, 3.63) is 30.3 Å². The Hall–Kier alpha value is -0.803. The molecular formula is C16H28O2Si. The van der Waals surface area contributed by atoms with E-state index >= 15 is 0 Å². The summed E-state index contributed by atoms with van der Waals surface area (Å²) in [5, 5.41) is 0.538. The molecule has 3 heteroatoms. The van der Waals surface area contributed by atoms with Gasteiger partial charge in [-0.25, -0.2) is 0 Å². The summed E-state index contributed by atoms with van der Waals surface area (Å²) in [6.07, 6.45) is 0. The van der Waals surface area contributed by atoms with Crippen molar-refractivity contribution in [2.75, 3.05) is 13.2 Å². The molecule has 1 aromatic carbocycles. The highest BCUT2D eigenvalue weighted by Gasteiger charge is 2.38. The molecule has 19 heavy (non-hydrogen) atoms. The molecule has 0 aromatic heterocycles. The molecule has 0 heterocycles. The lowest BCUT2D eigenvalue weighted by Gasteiger charge is -2.38. The Labute approximate surface area is 119 Å². The molecule has 0 atom stereocenters. The normalized spacial score (nSPS) is 12.8. The number of rotatable bonds is 5. The van der Waals surface area contributed by atoms with Gasteiger partial charge in [0.2, 0.25) is 0 Å². The summed E-state index contributed by atoms with van der Waals surface area (Å²) in [6.45, 7) is 15.0. The van der Waals surface area contributed by atoms with E-state index in [-0.39, 0.29) is 10.1 Å². The Bertz CT molecular complexity index is 349. The first-order valence-corrected chi connectivity index (χ1v) is 8.63. The van der Waals surface area contributed by atoms with E-state index in [2.05, 4.69) is 41.5 Å². The first kappa shape index (κ1) is 16.3. The lowest BCUT2D eigenvalue weighted by molar-refractivity contribution is 0.202. The number of hydrogen-bond donors (Lipinski definition) is 0. The van der Waals surface area contributed by atoms with Crippen molar-refractivity contribution in [1.82, 2.24) is 0 Å². The molecule has 0 unspecified atom stereocenters. The molecule has 0 bridgehead atoms. The van der Waals surface area contributed by atoms with Gasteiger partial charge in [-0.15, -0.1) is 0 Å². The van der Waals surface area contributed by atoms with E-state index in [1.54, 1.807) is 0 Å². The van der Waals surface area contributed by atoms with Crippen LogP contribution in [0.2, 0.25) is 10.1 Å². The van der Waals surface area contributed by atoms with Crippen LogP contribution in [0.5, 0.6) is 5.75 Å².